The molecular weight excluding hydrogens is 462 g/mol. The van der Waals surface area contributed by atoms with E-state index in [1.54, 1.807) is 41.3 Å². The minimum absolute atomic E-state index is 0.0968. The van der Waals surface area contributed by atoms with Gasteiger partial charge in [-0.15, -0.1) is 0 Å². The second-order valence-corrected chi connectivity index (χ2v) is 9.85. The SMILES string of the molecule is Cc1ccc(S(=O)(=O)Nc2ccc(C(=O)Nc3ccc(N4CCCC4=O)cc3)cc2Cl)cc1. The van der Waals surface area contributed by atoms with E-state index in [-0.39, 0.29) is 27.1 Å². The number of sulfonamides is 1. The van der Waals surface area contributed by atoms with E-state index in [1.807, 2.05) is 6.92 Å². The molecule has 0 bridgehead atoms. The average Bonchev–Trinajstić information content (AvgIpc) is 3.21. The lowest BCUT2D eigenvalue weighted by atomic mass is 10.2. The lowest BCUT2D eigenvalue weighted by Crippen LogP contribution is -2.23. The first kappa shape index (κ1) is 22.8. The number of aryl methyl sites for hydroxylation is 1. The topological polar surface area (TPSA) is 95.6 Å². The van der Waals surface area contributed by atoms with Crippen LogP contribution in [0.5, 0.6) is 0 Å². The van der Waals surface area contributed by atoms with E-state index in [9.17, 15) is 18.0 Å². The molecule has 0 saturated carbocycles. The standard InChI is InChI=1S/C24H22ClN3O4S/c1-16-4-11-20(12-5-16)33(31,32)27-22-13-6-17(15-21(22)25)24(30)26-18-7-9-19(10-8-18)28-14-2-3-23(28)29/h4-13,15,27H,2-3,14H2,1H3,(H,26,30). The largest absolute Gasteiger partial charge is 0.322 e. The van der Waals surface area contributed by atoms with Crippen molar-refractivity contribution in [3.63, 3.8) is 0 Å². The minimum Gasteiger partial charge on any atom is -0.322 e. The summed E-state index contributed by atoms with van der Waals surface area (Å²) in [6.07, 6.45) is 1.39. The minimum atomic E-state index is -3.81. The Balaban J connectivity index is 1.44. The van der Waals surface area contributed by atoms with Gasteiger partial charge in [0.05, 0.1) is 15.6 Å². The Bertz CT molecular complexity index is 1310. The molecule has 3 aromatic carbocycles. The molecular formula is C24H22ClN3O4S. The Labute approximate surface area is 197 Å². The number of amides is 2. The number of hydrogen-bond donors (Lipinski definition) is 2. The van der Waals surface area contributed by atoms with Crippen LogP contribution in [0.2, 0.25) is 5.02 Å². The molecule has 7 nitrogen and oxygen atoms in total. The van der Waals surface area contributed by atoms with E-state index >= 15 is 0 Å². The molecule has 0 aliphatic carbocycles. The number of carbonyl (C=O) groups excluding carboxylic acids is 2. The molecule has 2 N–H and O–H groups in total. The number of rotatable bonds is 6. The fourth-order valence-electron chi connectivity index (χ4n) is 3.51. The summed E-state index contributed by atoms with van der Waals surface area (Å²) in [6, 6.07) is 17.8. The quantitative estimate of drug-likeness (QED) is 0.525. The van der Waals surface area contributed by atoms with Crippen molar-refractivity contribution < 1.29 is 18.0 Å². The van der Waals surface area contributed by atoms with Gasteiger partial charge < -0.3 is 10.2 Å². The average molecular weight is 484 g/mol. The van der Waals surface area contributed by atoms with Crippen LogP contribution in [-0.4, -0.2) is 26.8 Å². The highest BCUT2D eigenvalue weighted by atomic mass is 35.5. The second-order valence-electron chi connectivity index (χ2n) is 7.76. The zero-order valence-electron chi connectivity index (χ0n) is 17.8. The first-order chi connectivity index (χ1) is 15.7. The van der Waals surface area contributed by atoms with Gasteiger partial charge in [0.2, 0.25) is 5.91 Å². The third-order valence-corrected chi connectivity index (χ3v) is 7.01. The van der Waals surface area contributed by atoms with Crippen molar-refractivity contribution in [2.45, 2.75) is 24.7 Å². The van der Waals surface area contributed by atoms with Crippen molar-refractivity contribution in [2.75, 3.05) is 21.5 Å². The molecule has 0 aromatic heterocycles. The number of carbonyl (C=O) groups is 2. The molecule has 9 heteroatoms. The number of nitrogens with zero attached hydrogens (tertiary/aromatic N) is 1. The van der Waals surface area contributed by atoms with E-state index in [0.29, 0.717) is 18.7 Å². The normalized spacial score (nSPS) is 13.8. The molecule has 1 fully saturated rings. The van der Waals surface area contributed by atoms with Gasteiger partial charge in [-0.1, -0.05) is 29.3 Å². The number of nitrogens with one attached hydrogen (secondary N) is 2. The van der Waals surface area contributed by atoms with Gasteiger partial charge in [0, 0.05) is 29.9 Å². The van der Waals surface area contributed by atoms with Crippen LogP contribution in [0.1, 0.15) is 28.8 Å². The Hall–Kier alpha value is -3.36. The van der Waals surface area contributed by atoms with E-state index < -0.39 is 15.9 Å². The van der Waals surface area contributed by atoms with Crippen molar-refractivity contribution in [3.05, 3.63) is 82.9 Å². The van der Waals surface area contributed by atoms with Gasteiger partial charge in [-0.2, -0.15) is 0 Å². The molecule has 1 saturated heterocycles. The first-order valence-electron chi connectivity index (χ1n) is 10.3. The summed E-state index contributed by atoms with van der Waals surface area (Å²) in [5.41, 5.74) is 2.76. The van der Waals surface area contributed by atoms with Gasteiger partial charge in [0.25, 0.3) is 15.9 Å². The highest BCUT2D eigenvalue weighted by molar-refractivity contribution is 7.92. The molecule has 1 aliphatic heterocycles. The van der Waals surface area contributed by atoms with Crippen LogP contribution >= 0.6 is 11.6 Å². The predicted molar refractivity (Wildman–Crippen MR) is 129 cm³/mol. The van der Waals surface area contributed by atoms with Crippen LogP contribution in [0.25, 0.3) is 0 Å². The molecule has 33 heavy (non-hydrogen) atoms. The molecule has 1 aliphatic rings. The van der Waals surface area contributed by atoms with Crippen molar-refractivity contribution in [2.24, 2.45) is 0 Å². The zero-order valence-corrected chi connectivity index (χ0v) is 19.4. The summed E-state index contributed by atoms with van der Waals surface area (Å²) < 4.78 is 27.6. The molecule has 3 aromatic rings. The summed E-state index contributed by atoms with van der Waals surface area (Å²) in [6.45, 7) is 2.57. The molecule has 170 valence electrons. The monoisotopic (exact) mass is 483 g/mol. The smallest absolute Gasteiger partial charge is 0.261 e. The Morgan fingerprint density at radius 2 is 1.70 bits per heavy atom. The molecule has 0 unspecified atom stereocenters. The first-order valence-corrected chi connectivity index (χ1v) is 12.2. The Morgan fingerprint density at radius 1 is 1.00 bits per heavy atom. The Morgan fingerprint density at radius 3 is 2.30 bits per heavy atom. The third-order valence-electron chi connectivity index (χ3n) is 5.32. The van der Waals surface area contributed by atoms with Crippen LogP contribution in [0.3, 0.4) is 0 Å². The lowest BCUT2D eigenvalue weighted by Gasteiger charge is -2.16. The fourth-order valence-corrected chi connectivity index (χ4v) is 4.87. The maximum atomic E-state index is 12.6. The van der Waals surface area contributed by atoms with Crippen LogP contribution in [-0.2, 0) is 14.8 Å². The highest BCUT2D eigenvalue weighted by Crippen LogP contribution is 2.27. The van der Waals surface area contributed by atoms with Crippen molar-refractivity contribution in [1.82, 2.24) is 0 Å². The van der Waals surface area contributed by atoms with E-state index in [2.05, 4.69) is 10.0 Å². The summed E-state index contributed by atoms with van der Waals surface area (Å²) in [5, 5.41) is 2.87. The van der Waals surface area contributed by atoms with Gasteiger partial charge in [-0.25, -0.2) is 8.42 Å². The Kier molecular flexibility index (Phi) is 6.40. The van der Waals surface area contributed by atoms with Gasteiger partial charge in [0.15, 0.2) is 0 Å². The predicted octanol–water partition coefficient (Wildman–Crippen LogP) is 4.83. The number of hydrogen-bond acceptors (Lipinski definition) is 4. The maximum Gasteiger partial charge on any atom is 0.261 e. The molecule has 0 radical (unpaired) electrons. The zero-order chi connectivity index (χ0) is 23.6. The van der Waals surface area contributed by atoms with Crippen LogP contribution in [0.4, 0.5) is 17.1 Å². The summed E-state index contributed by atoms with van der Waals surface area (Å²) in [4.78, 5) is 26.3. The second kappa shape index (κ2) is 9.25. The molecule has 0 spiro atoms. The molecule has 0 atom stereocenters. The third kappa shape index (κ3) is 5.18. The van der Waals surface area contributed by atoms with Gasteiger partial charge in [0.1, 0.15) is 0 Å². The van der Waals surface area contributed by atoms with Gasteiger partial charge in [-0.05, 0) is 67.9 Å². The molecule has 1 heterocycles. The number of anilines is 3. The number of halogens is 1. The van der Waals surface area contributed by atoms with Gasteiger partial charge in [-0.3, -0.25) is 14.3 Å². The van der Waals surface area contributed by atoms with Crippen LogP contribution in [0, 0.1) is 6.92 Å². The molecule has 4 rings (SSSR count). The summed E-state index contributed by atoms with van der Waals surface area (Å²) in [7, 11) is -3.81. The summed E-state index contributed by atoms with van der Waals surface area (Å²) >= 11 is 6.26. The van der Waals surface area contributed by atoms with E-state index in [1.165, 1.54) is 30.3 Å². The van der Waals surface area contributed by atoms with Crippen molar-refractivity contribution in [3.8, 4) is 0 Å². The van der Waals surface area contributed by atoms with E-state index in [4.69, 9.17) is 11.6 Å². The van der Waals surface area contributed by atoms with Crippen LogP contribution in [0.15, 0.2) is 71.6 Å². The van der Waals surface area contributed by atoms with Gasteiger partial charge >= 0.3 is 0 Å². The molecule has 2 amide bonds. The van der Waals surface area contributed by atoms with E-state index in [0.717, 1.165) is 17.7 Å². The number of benzene rings is 3. The lowest BCUT2D eigenvalue weighted by molar-refractivity contribution is -0.117. The van der Waals surface area contributed by atoms with Crippen molar-refractivity contribution >= 4 is 50.5 Å². The van der Waals surface area contributed by atoms with Crippen LogP contribution < -0.4 is 14.9 Å². The maximum absolute atomic E-state index is 12.6. The summed E-state index contributed by atoms with van der Waals surface area (Å²) in [5.74, 6) is -0.297. The highest BCUT2D eigenvalue weighted by Gasteiger charge is 2.21. The van der Waals surface area contributed by atoms with Crippen molar-refractivity contribution in [1.29, 1.82) is 0 Å². The fraction of sp³-hybridized carbons (Fsp3) is 0.167.